The third kappa shape index (κ3) is 3.36. The molecule has 1 aromatic heterocycles. The standard InChI is InChI=1S/C20H20N4O4/c1-13-18(22-23-24(13)15-6-4-7-16(11-15)26-2)20(25)21-12-14-5-3-8-17-19(14)28-10-9-27-17/h3-8,11H,9-10,12H2,1-2H3,(H,21,25). The van der Waals surface area contributed by atoms with Crippen molar-refractivity contribution in [3.8, 4) is 22.9 Å². The van der Waals surface area contributed by atoms with Crippen molar-refractivity contribution in [1.82, 2.24) is 20.3 Å². The number of nitrogens with zero attached hydrogens (tertiary/aromatic N) is 3. The Balaban J connectivity index is 1.51. The van der Waals surface area contributed by atoms with Gasteiger partial charge in [-0.3, -0.25) is 4.79 Å². The van der Waals surface area contributed by atoms with Crippen LogP contribution in [0.1, 0.15) is 21.7 Å². The fourth-order valence-electron chi connectivity index (χ4n) is 3.06. The second-order valence-corrected chi connectivity index (χ2v) is 6.26. The molecule has 2 aromatic carbocycles. The van der Waals surface area contributed by atoms with Crippen LogP contribution in [0.5, 0.6) is 17.2 Å². The van der Waals surface area contributed by atoms with E-state index in [4.69, 9.17) is 14.2 Å². The molecule has 2 heterocycles. The van der Waals surface area contributed by atoms with Crippen LogP contribution in [0.3, 0.4) is 0 Å². The third-order valence-electron chi connectivity index (χ3n) is 4.49. The Bertz CT molecular complexity index is 1020. The monoisotopic (exact) mass is 380 g/mol. The van der Waals surface area contributed by atoms with Crippen LogP contribution in [0.2, 0.25) is 0 Å². The first-order chi connectivity index (χ1) is 13.7. The van der Waals surface area contributed by atoms with Gasteiger partial charge in [-0.05, 0) is 25.1 Å². The van der Waals surface area contributed by atoms with Gasteiger partial charge < -0.3 is 19.5 Å². The minimum Gasteiger partial charge on any atom is -0.497 e. The van der Waals surface area contributed by atoms with Crippen LogP contribution < -0.4 is 19.5 Å². The molecule has 1 amide bonds. The second-order valence-electron chi connectivity index (χ2n) is 6.26. The van der Waals surface area contributed by atoms with Gasteiger partial charge in [0.1, 0.15) is 19.0 Å². The number of carbonyl (C=O) groups excluding carboxylic acids is 1. The predicted octanol–water partition coefficient (Wildman–Crippen LogP) is 2.29. The van der Waals surface area contributed by atoms with Gasteiger partial charge in [0.2, 0.25) is 0 Å². The number of benzene rings is 2. The lowest BCUT2D eigenvalue weighted by Gasteiger charge is -2.21. The summed E-state index contributed by atoms with van der Waals surface area (Å²) in [4.78, 5) is 12.7. The number of amides is 1. The molecule has 1 aliphatic heterocycles. The number of methoxy groups -OCH3 is 1. The van der Waals surface area contributed by atoms with Crippen LogP contribution in [0, 0.1) is 6.92 Å². The van der Waals surface area contributed by atoms with E-state index in [2.05, 4.69) is 15.6 Å². The van der Waals surface area contributed by atoms with Crippen molar-refractivity contribution < 1.29 is 19.0 Å². The number of nitrogens with one attached hydrogen (secondary N) is 1. The Labute approximate surface area is 162 Å². The zero-order valence-electron chi connectivity index (χ0n) is 15.6. The number of fused-ring (bicyclic) bond motifs is 1. The second kappa shape index (κ2) is 7.59. The molecule has 0 spiro atoms. The minimum absolute atomic E-state index is 0.268. The number of rotatable bonds is 5. The van der Waals surface area contributed by atoms with Crippen LogP contribution in [0.25, 0.3) is 5.69 Å². The van der Waals surface area contributed by atoms with E-state index >= 15 is 0 Å². The average molecular weight is 380 g/mol. The fourth-order valence-corrected chi connectivity index (χ4v) is 3.06. The highest BCUT2D eigenvalue weighted by molar-refractivity contribution is 5.93. The number of aromatic nitrogens is 3. The lowest BCUT2D eigenvalue weighted by molar-refractivity contribution is 0.0944. The summed E-state index contributed by atoms with van der Waals surface area (Å²) in [6, 6.07) is 13.0. The van der Waals surface area contributed by atoms with Gasteiger partial charge in [-0.1, -0.05) is 23.4 Å². The molecule has 144 valence electrons. The summed E-state index contributed by atoms with van der Waals surface area (Å²) in [5.41, 5.74) is 2.53. The molecule has 1 aliphatic rings. The maximum absolute atomic E-state index is 12.7. The predicted molar refractivity (Wildman–Crippen MR) is 101 cm³/mol. The van der Waals surface area contributed by atoms with Gasteiger partial charge >= 0.3 is 0 Å². The van der Waals surface area contributed by atoms with Crippen LogP contribution in [-0.2, 0) is 6.54 Å². The molecule has 0 radical (unpaired) electrons. The van der Waals surface area contributed by atoms with Gasteiger partial charge in [-0.2, -0.15) is 0 Å². The van der Waals surface area contributed by atoms with Crippen molar-refractivity contribution in [3.05, 3.63) is 59.4 Å². The van der Waals surface area contributed by atoms with Crippen molar-refractivity contribution in [1.29, 1.82) is 0 Å². The van der Waals surface area contributed by atoms with Gasteiger partial charge in [-0.15, -0.1) is 5.10 Å². The highest BCUT2D eigenvalue weighted by Gasteiger charge is 2.20. The normalized spacial score (nSPS) is 12.5. The molecule has 8 nitrogen and oxygen atoms in total. The molecule has 0 saturated heterocycles. The summed E-state index contributed by atoms with van der Waals surface area (Å²) < 4.78 is 18.1. The first-order valence-corrected chi connectivity index (χ1v) is 8.90. The van der Waals surface area contributed by atoms with Gasteiger partial charge in [-0.25, -0.2) is 4.68 Å². The van der Waals surface area contributed by atoms with E-state index in [0.717, 1.165) is 11.3 Å². The Kier molecular flexibility index (Phi) is 4.84. The first kappa shape index (κ1) is 17.8. The maximum Gasteiger partial charge on any atom is 0.274 e. The van der Waals surface area contributed by atoms with Crippen LogP contribution in [0.4, 0.5) is 0 Å². The number of ether oxygens (including phenoxy) is 3. The molecule has 0 bridgehead atoms. The van der Waals surface area contributed by atoms with Crippen molar-refractivity contribution in [2.75, 3.05) is 20.3 Å². The lowest BCUT2D eigenvalue weighted by atomic mass is 10.1. The molecule has 8 heteroatoms. The van der Waals surface area contributed by atoms with E-state index in [1.165, 1.54) is 0 Å². The fraction of sp³-hybridized carbons (Fsp3) is 0.250. The molecule has 28 heavy (non-hydrogen) atoms. The third-order valence-corrected chi connectivity index (χ3v) is 4.49. The first-order valence-electron chi connectivity index (χ1n) is 8.90. The molecule has 1 N–H and O–H groups in total. The zero-order chi connectivity index (χ0) is 19.5. The number of para-hydroxylation sites is 1. The van der Waals surface area contributed by atoms with Crippen LogP contribution in [-0.4, -0.2) is 41.2 Å². The summed E-state index contributed by atoms with van der Waals surface area (Å²) in [5.74, 6) is 1.76. The molecule has 0 saturated carbocycles. The molecule has 4 rings (SSSR count). The van der Waals surface area contributed by atoms with Gasteiger partial charge in [0.15, 0.2) is 17.2 Å². The van der Waals surface area contributed by atoms with E-state index in [-0.39, 0.29) is 11.6 Å². The topological polar surface area (TPSA) is 87.5 Å². The number of hydrogen-bond acceptors (Lipinski definition) is 6. The van der Waals surface area contributed by atoms with E-state index in [0.29, 0.717) is 42.7 Å². The SMILES string of the molecule is COc1cccc(-n2nnc(C(=O)NCc3cccc4c3OCCO4)c2C)c1. The zero-order valence-corrected chi connectivity index (χ0v) is 15.6. The minimum atomic E-state index is -0.305. The van der Waals surface area contributed by atoms with Gasteiger partial charge in [0.25, 0.3) is 5.91 Å². The van der Waals surface area contributed by atoms with Gasteiger partial charge in [0, 0.05) is 18.2 Å². The number of carbonyl (C=O) groups is 1. The quantitative estimate of drug-likeness (QED) is 0.731. The molecule has 0 aliphatic carbocycles. The van der Waals surface area contributed by atoms with E-state index in [1.54, 1.807) is 18.7 Å². The molecule has 0 atom stereocenters. The maximum atomic E-state index is 12.7. The molecule has 0 fully saturated rings. The number of hydrogen-bond donors (Lipinski definition) is 1. The molecule has 0 unspecified atom stereocenters. The lowest BCUT2D eigenvalue weighted by Crippen LogP contribution is -2.25. The van der Waals surface area contributed by atoms with Crippen LogP contribution in [0.15, 0.2) is 42.5 Å². The summed E-state index contributed by atoms with van der Waals surface area (Å²) in [5, 5.41) is 11.0. The Morgan fingerprint density at radius 3 is 2.89 bits per heavy atom. The van der Waals surface area contributed by atoms with Crippen molar-refractivity contribution in [3.63, 3.8) is 0 Å². The summed E-state index contributed by atoms with van der Waals surface area (Å²) in [7, 11) is 1.60. The van der Waals surface area contributed by atoms with E-state index in [1.807, 2.05) is 42.5 Å². The molecular weight excluding hydrogens is 360 g/mol. The average Bonchev–Trinajstić information content (AvgIpc) is 3.13. The summed E-state index contributed by atoms with van der Waals surface area (Å²) >= 11 is 0. The molecular formula is C20H20N4O4. The van der Waals surface area contributed by atoms with Crippen molar-refractivity contribution in [2.24, 2.45) is 0 Å². The Hall–Kier alpha value is -3.55. The Morgan fingerprint density at radius 2 is 2.04 bits per heavy atom. The highest BCUT2D eigenvalue weighted by Crippen LogP contribution is 2.33. The van der Waals surface area contributed by atoms with Crippen molar-refractivity contribution in [2.45, 2.75) is 13.5 Å². The van der Waals surface area contributed by atoms with Crippen molar-refractivity contribution >= 4 is 5.91 Å². The Morgan fingerprint density at radius 1 is 1.21 bits per heavy atom. The van der Waals surface area contributed by atoms with E-state index < -0.39 is 0 Å². The summed E-state index contributed by atoms with van der Waals surface area (Å²) in [6.45, 7) is 3.12. The smallest absolute Gasteiger partial charge is 0.274 e. The van der Waals surface area contributed by atoms with Crippen LogP contribution >= 0.6 is 0 Å². The highest BCUT2D eigenvalue weighted by atomic mass is 16.6. The summed E-state index contributed by atoms with van der Waals surface area (Å²) in [6.07, 6.45) is 0. The van der Waals surface area contributed by atoms with Gasteiger partial charge in [0.05, 0.1) is 18.5 Å². The van der Waals surface area contributed by atoms with E-state index in [9.17, 15) is 4.79 Å². The largest absolute Gasteiger partial charge is 0.497 e. The molecule has 3 aromatic rings.